The molecule has 2 aromatic carbocycles. The predicted octanol–water partition coefficient (Wildman–Crippen LogP) is 5.89. The van der Waals surface area contributed by atoms with Gasteiger partial charge in [0.15, 0.2) is 0 Å². The number of unbranched alkanes of at least 4 members (excludes halogenated alkanes) is 2. The molecular formula is C33H44O5Si. The average molecular weight is 549 g/mol. The molecule has 4 atom stereocenters. The third-order valence-electron chi connectivity index (χ3n) is 8.04. The SMILES string of the molecule is C[C@H]1C=C(C[C@@H](CCCCC[C@@H]2CC[C@@H](C=O)O2)O[Si](c2ccccc2)(c2ccccc2)C(C)(C)C)C(=O)O1. The summed E-state index contributed by atoms with van der Waals surface area (Å²) in [6.07, 6.45) is 9.90. The summed E-state index contributed by atoms with van der Waals surface area (Å²) in [7, 11) is -2.76. The van der Waals surface area contributed by atoms with Crippen molar-refractivity contribution in [1.82, 2.24) is 0 Å². The molecule has 0 radical (unpaired) electrons. The molecule has 0 saturated carbocycles. The minimum Gasteiger partial charge on any atom is -0.455 e. The fourth-order valence-corrected chi connectivity index (χ4v) is 10.9. The van der Waals surface area contributed by atoms with Crippen LogP contribution in [0.2, 0.25) is 5.04 Å². The maximum atomic E-state index is 12.6. The molecular weight excluding hydrogens is 504 g/mol. The molecule has 0 N–H and O–H groups in total. The molecule has 39 heavy (non-hydrogen) atoms. The van der Waals surface area contributed by atoms with Crippen molar-refractivity contribution in [1.29, 1.82) is 0 Å². The number of hydrogen-bond donors (Lipinski definition) is 0. The summed E-state index contributed by atoms with van der Waals surface area (Å²) in [6.45, 7) is 8.77. The lowest BCUT2D eigenvalue weighted by Gasteiger charge is -2.45. The van der Waals surface area contributed by atoms with Gasteiger partial charge < -0.3 is 18.7 Å². The maximum absolute atomic E-state index is 12.6. The van der Waals surface area contributed by atoms with Crippen molar-refractivity contribution in [3.8, 4) is 0 Å². The maximum Gasteiger partial charge on any atom is 0.334 e. The molecule has 1 saturated heterocycles. The van der Waals surface area contributed by atoms with Crippen molar-refractivity contribution in [3.05, 3.63) is 72.3 Å². The summed E-state index contributed by atoms with van der Waals surface area (Å²) in [5.74, 6) is -0.221. The van der Waals surface area contributed by atoms with Crippen LogP contribution < -0.4 is 10.4 Å². The van der Waals surface area contributed by atoms with Gasteiger partial charge in [-0.2, -0.15) is 0 Å². The van der Waals surface area contributed by atoms with Gasteiger partial charge >= 0.3 is 5.97 Å². The lowest BCUT2D eigenvalue weighted by molar-refractivity contribution is -0.139. The smallest absolute Gasteiger partial charge is 0.334 e. The van der Waals surface area contributed by atoms with E-state index in [0.717, 1.165) is 56.8 Å². The van der Waals surface area contributed by atoms with E-state index in [2.05, 4.69) is 81.4 Å². The van der Waals surface area contributed by atoms with Gasteiger partial charge in [-0.25, -0.2) is 4.79 Å². The molecule has 4 rings (SSSR count). The third-order valence-corrected chi connectivity index (χ3v) is 13.1. The molecule has 0 aliphatic carbocycles. The Morgan fingerprint density at radius 3 is 2.13 bits per heavy atom. The Labute approximate surface area is 235 Å². The first-order valence-corrected chi connectivity index (χ1v) is 16.4. The van der Waals surface area contributed by atoms with Crippen molar-refractivity contribution < 1.29 is 23.5 Å². The molecule has 6 heteroatoms. The number of esters is 1. The molecule has 2 heterocycles. The van der Waals surface area contributed by atoms with Crippen molar-refractivity contribution in [2.45, 2.75) is 109 Å². The van der Waals surface area contributed by atoms with E-state index in [9.17, 15) is 9.59 Å². The van der Waals surface area contributed by atoms with E-state index in [4.69, 9.17) is 13.9 Å². The van der Waals surface area contributed by atoms with Crippen LogP contribution in [0.1, 0.15) is 79.1 Å². The quantitative estimate of drug-likeness (QED) is 0.135. The van der Waals surface area contributed by atoms with Gasteiger partial charge in [-0.3, -0.25) is 0 Å². The van der Waals surface area contributed by atoms with Crippen molar-refractivity contribution >= 4 is 30.9 Å². The van der Waals surface area contributed by atoms with Crippen molar-refractivity contribution in [2.75, 3.05) is 0 Å². The highest BCUT2D eigenvalue weighted by Gasteiger charge is 2.51. The second-order valence-electron chi connectivity index (χ2n) is 12.1. The zero-order chi connectivity index (χ0) is 27.9. The van der Waals surface area contributed by atoms with Gasteiger partial charge in [0.25, 0.3) is 8.32 Å². The average Bonchev–Trinajstić information content (AvgIpc) is 3.51. The fraction of sp³-hybridized carbons (Fsp3) is 0.515. The van der Waals surface area contributed by atoms with Gasteiger partial charge in [0, 0.05) is 12.0 Å². The zero-order valence-electron chi connectivity index (χ0n) is 23.9. The summed E-state index contributed by atoms with van der Waals surface area (Å²) < 4.78 is 18.7. The van der Waals surface area contributed by atoms with Crippen LogP contribution in [0.25, 0.3) is 0 Å². The minimum absolute atomic E-state index is 0.109. The highest BCUT2D eigenvalue weighted by molar-refractivity contribution is 6.99. The molecule has 0 aromatic heterocycles. The first kappa shape index (κ1) is 29.4. The number of carbonyl (C=O) groups excluding carboxylic acids is 2. The van der Waals surface area contributed by atoms with E-state index >= 15 is 0 Å². The van der Waals surface area contributed by atoms with Gasteiger partial charge in [0.2, 0.25) is 0 Å². The number of rotatable bonds is 13. The molecule has 0 unspecified atom stereocenters. The predicted molar refractivity (Wildman–Crippen MR) is 158 cm³/mol. The van der Waals surface area contributed by atoms with Crippen LogP contribution in [0.4, 0.5) is 0 Å². The Balaban J connectivity index is 1.56. The Hall–Kier alpha value is -2.54. The minimum atomic E-state index is -2.76. The molecule has 2 aliphatic heterocycles. The van der Waals surface area contributed by atoms with Crippen LogP contribution in [-0.4, -0.2) is 45.0 Å². The molecule has 0 amide bonds. The van der Waals surface area contributed by atoms with Crippen LogP contribution in [0.5, 0.6) is 0 Å². The molecule has 1 fully saturated rings. The van der Waals surface area contributed by atoms with Crippen LogP contribution in [0.15, 0.2) is 72.3 Å². The van der Waals surface area contributed by atoms with E-state index in [1.807, 2.05) is 13.0 Å². The zero-order valence-corrected chi connectivity index (χ0v) is 24.9. The number of hydrogen-bond acceptors (Lipinski definition) is 5. The van der Waals surface area contributed by atoms with Gasteiger partial charge in [0.05, 0.1) is 12.2 Å². The molecule has 2 aromatic rings. The number of carbonyl (C=O) groups is 2. The van der Waals surface area contributed by atoms with Gasteiger partial charge in [0.1, 0.15) is 18.5 Å². The largest absolute Gasteiger partial charge is 0.455 e. The second kappa shape index (κ2) is 13.2. The fourth-order valence-electron chi connectivity index (χ4n) is 6.14. The van der Waals surface area contributed by atoms with Crippen LogP contribution >= 0.6 is 0 Å². The van der Waals surface area contributed by atoms with Gasteiger partial charge in [-0.05, 0) is 54.1 Å². The Morgan fingerprint density at radius 1 is 0.974 bits per heavy atom. The Morgan fingerprint density at radius 2 is 1.62 bits per heavy atom. The van der Waals surface area contributed by atoms with Crippen LogP contribution in [-0.2, 0) is 23.5 Å². The van der Waals surface area contributed by atoms with E-state index < -0.39 is 8.32 Å². The van der Waals surface area contributed by atoms with Crippen molar-refractivity contribution in [2.24, 2.45) is 0 Å². The summed E-state index contributed by atoms with van der Waals surface area (Å²) in [4.78, 5) is 23.6. The molecule has 5 nitrogen and oxygen atoms in total. The standard InChI is InChI=1S/C33H44O5Si/c1-25-22-26(32(35)36-25)23-28(15-9-5-8-14-27-20-21-29(24-34)37-27)38-39(33(2,3)4,30-16-10-6-11-17-30)31-18-12-7-13-19-31/h6-7,10-13,16-19,22,24-25,27-29H,5,8-9,14-15,20-21,23H2,1-4H3/t25-,27+,28+,29-/m0/s1. The summed E-state index contributed by atoms with van der Waals surface area (Å²) in [6, 6.07) is 21.3. The number of aldehydes is 1. The first-order chi connectivity index (χ1) is 18.7. The van der Waals surface area contributed by atoms with Crippen LogP contribution in [0, 0.1) is 0 Å². The van der Waals surface area contributed by atoms with Gasteiger partial charge in [-0.15, -0.1) is 0 Å². The highest BCUT2D eigenvalue weighted by Crippen LogP contribution is 2.39. The number of cyclic esters (lactones) is 1. The molecule has 0 spiro atoms. The summed E-state index contributed by atoms with van der Waals surface area (Å²) in [5.41, 5.74) is 0.727. The topological polar surface area (TPSA) is 61.8 Å². The monoisotopic (exact) mass is 548 g/mol. The number of benzene rings is 2. The Bertz CT molecular complexity index is 1070. The normalized spacial score (nSPS) is 22.4. The third kappa shape index (κ3) is 7.16. The number of ether oxygens (including phenoxy) is 2. The summed E-state index contributed by atoms with van der Waals surface area (Å²) >= 11 is 0. The van der Waals surface area contributed by atoms with E-state index in [1.54, 1.807) is 0 Å². The van der Waals surface area contributed by atoms with E-state index in [1.165, 1.54) is 10.4 Å². The summed E-state index contributed by atoms with van der Waals surface area (Å²) in [5, 5.41) is 2.35. The van der Waals surface area contributed by atoms with Crippen molar-refractivity contribution in [3.63, 3.8) is 0 Å². The molecule has 210 valence electrons. The highest BCUT2D eigenvalue weighted by atomic mass is 28.4. The Kier molecular flexibility index (Phi) is 9.97. The molecule has 0 bridgehead atoms. The first-order valence-electron chi connectivity index (χ1n) is 14.5. The van der Waals surface area contributed by atoms with E-state index in [0.29, 0.717) is 6.42 Å². The lowest BCUT2D eigenvalue weighted by Crippen LogP contribution is -2.67. The second-order valence-corrected chi connectivity index (χ2v) is 16.3. The van der Waals surface area contributed by atoms with E-state index in [-0.39, 0.29) is 35.4 Å². The molecule has 2 aliphatic rings. The van der Waals surface area contributed by atoms with Crippen LogP contribution in [0.3, 0.4) is 0 Å². The van der Waals surface area contributed by atoms with Gasteiger partial charge in [-0.1, -0.05) is 101 Å². The lowest BCUT2D eigenvalue weighted by atomic mass is 10.0.